The van der Waals surface area contributed by atoms with Gasteiger partial charge in [0.25, 0.3) is 0 Å². The first-order valence-corrected chi connectivity index (χ1v) is 7.85. The molecular weight excluding hydrogens is 260 g/mol. The molecule has 1 saturated carbocycles. The fourth-order valence-electron chi connectivity index (χ4n) is 2.64. The van der Waals surface area contributed by atoms with Gasteiger partial charge >= 0.3 is 5.97 Å². The highest BCUT2D eigenvalue weighted by Gasteiger charge is 2.24. The minimum atomic E-state index is -0.324. The standard InChI is InChI=1S/C14H22N2O2S/c1-4-18-13(17)12-9-19-14(15-12)16(3)11-7-5-6-10(2)8-11/h9-11H,4-8H2,1-3H3. The van der Waals surface area contributed by atoms with Crippen LogP contribution in [0.5, 0.6) is 0 Å². The van der Waals surface area contributed by atoms with Gasteiger partial charge in [0.05, 0.1) is 6.61 Å². The number of nitrogens with zero attached hydrogens (tertiary/aromatic N) is 2. The number of hydrogen-bond acceptors (Lipinski definition) is 5. The summed E-state index contributed by atoms with van der Waals surface area (Å²) < 4.78 is 4.97. The van der Waals surface area contributed by atoms with Gasteiger partial charge in [-0.3, -0.25) is 0 Å². The number of rotatable bonds is 4. The van der Waals surface area contributed by atoms with Crippen LogP contribution in [0.3, 0.4) is 0 Å². The highest BCUT2D eigenvalue weighted by atomic mass is 32.1. The minimum absolute atomic E-state index is 0.324. The minimum Gasteiger partial charge on any atom is -0.461 e. The lowest BCUT2D eigenvalue weighted by atomic mass is 9.86. The first kappa shape index (κ1) is 14.3. The second-order valence-corrected chi connectivity index (χ2v) is 6.11. The van der Waals surface area contributed by atoms with E-state index in [-0.39, 0.29) is 5.97 Å². The molecule has 106 valence electrons. The number of thiazole rings is 1. The Labute approximate surface area is 118 Å². The van der Waals surface area contributed by atoms with Crippen molar-refractivity contribution >= 4 is 22.4 Å². The van der Waals surface area contributed by atoms with Gasteiger partial charge in [-0.25, -0.2) is 9.78 Å². The molecule has 19 heavy (non-hydrogen) atoms. The number of ether oxygens (including phenoxy) is 1. The molecule has 1 heterocycles. The Bertz CT molecular complexity index is 433. The van der Waals surface area contributed by atoms with Gasteiger partial charge in [-0.05, 0) is 25.7 Å². The van der Waals surface area contributed by atoms with Crippen molar-refractivity contribution in [3.8, 4) is 0 Å². The SMILES string of the molecule is CCOC(=O)c1csc(N(C)C2CCCC(C)C2)n1. The first-order chi connectivity index (χ1) is 9.11. The lowest BCUT2D eigenvalue weighted by Crippen LogP contribution is -2.35. The lowest BCUT2D eigenvalue weighted by molar-refractivity contribution is 0.0520. The molecule has 0 spiro atoms. The van der Waals surface area contributed by atoms with Gasteiger partial charge in [0.15, 0.2) is 10.8 Å². The number of esters is 1. The Morgan fingerprint density at radius 2 is 2.37 bits per heavy atom. The number of aromatic nitrogens is 1. The largest absolute Gasteiger partial charge is 0.461 e. The summed E-state index contributed by atoms with van der Waals surface area (Å²) in [6, 6.07) is 0.546. The number of hydrogen-bond donors (Lipinski definition) is 0. The molecule has 0 aliphatic heterocycles. The highest BCUT2D eigenvalue weighted by molar-refractivity contribution is 7.13. The molecule has 1 aliphatic rings. The Morgan fingerprint density at radius 3 is 3.05 bits per heavy atom. The normalized spacial score (nSPS) is 23.1. The van der Waals surface area contributed by atoms with Crippen LogP contribution in [0, 0.1) is 5.92 Å². The van der Waals surface area contributed by atoms with E-state index in [1.54, 1.807) is 12.3 Å². The molecule has 2 unspecified atom stereocenters. The van der Waals surface area contributed by atoms with E-state index in [4.69, 9.17) is 4.74 Å². The highest BCUT2D eigenvalue weighted by Crippen LogP contribution is 2.31. The second kappa shape index (κ2) is 6.37. The Hall–Kier alpha value is -1.10. The van der Waals surface area contributed by atoms with Gasteiger partial charge in [-0.15, -0.1) is 11.3 Å². The van der Waals surface area contributed by atoms with Crippen LogP contribution in [0.2, 0.25) is 0 Å². The van der Waals surface area contributed by atoms with Gasteiger partial charge in [0.1, 0.15) is 0 Å². The zero-order valence-corrected chi connectivity index (χ0v) is 12.7. The van der Waals surface area contributed by atoms with Crippen LogP contribution in [0.15, 0.2) is 5.38 Å². The van der Waals surface area contributed by atoms with Crippen molar-refractivity contribution in [2.45, 2.75) is 45.6 Å². The predicted octanol–water partition coefficient (Wildman–Crippen LogP) is 3.33. The Morgan fingerprint density at radius 1 is 1.58 bits per heavy atom. The number of anilines is 1. The topological polar surface area (TPSA) is 42.4 Å². The molecule has 1 fully saturated rings. The van der Waals surface area contributed by atoms with Gasteiger partial charge in [0, 0.05) is 18.5 Å². The third-order valence-corrected chi connectivity index (χ3v) is 4.67. The summed E-state index contributed by atoms with van der Waals surface area (Å²) in [4.78, 5) is 18.2. The summed E-state index contributed by atoms with van der Waals surface area (Å²) in [6.45, 7) is 4.51. The van der Waals surface area contributed by atoms with Crippen LogP contribution in [-0.4, -0.2) is 30.6 Å². The molecule has 0 radical (unpaired) electrons. The Balaban J connectivity index is 2.03. The van der Waals surface area contributed by atoms with E-state index in [1.165, 1.54) is 37.0 Å². The maximum absolute atomic E-state index is 11.6. The van der Waals surface area contributed by atoms with E-state index in [9.17, 15) is 4.79 Å². The zero-order chi connectivity index (χ0) is 13.8. The lowest BCUT2D eigenvalue weighted by Gasteiger charge is -2.33. The van der Waals surface area contributed by atoms with Gasteiger partial charge < -0.3 is 9.64 Å². The number of carbonyl (C=O) groups excluding carboxylic acids is 1. The molecular formula is C14H22N2O2S. The molecule has 4 nitrogen and oxygen atoms in total. The van der Waals surface area contributed by atoms with Crippen molar-refractivity contribution < 1.29 is 9.53 Å². The first-order valence-electron chi connectivity index (χ1n) is 6.97. The van der Waals surface area contributed by atoms with E-state index < -0.39 is 0 Å². The summed E-state index contributed by atoms with van der Waals surface area (Å²) in [5.74, 6) is 0.459. The van der Waals surface area contributed by atoms with Crippen LogP contribution in [-0.2, 0) is 4.74 Å². The van der Waals surface area contributed by atoms with Crippen molar-refractivity contribution in [3.05, 3.63) is 11.1 Å². The van der Waals surface area contributed by atoms with E-state index >= 15 is 0 Å². The second-order valence-electron chi connectivity index (χ2n) is 5.27. The van der Waals surface area contributed by atoms with Crippen molar-refractivity contribution in [2.24, 2.45) is 5.92 Å². The molecule has 5 heteroatoms. The quantitative estimate of drug-likeness (QED) is 0.794. The van der Waals surface area contributed by atoms with Crippen molar-refractivity contribution in [1.29, 1.82) is 0 Å². The average molecular weight is 282 g/mol. The summed E-state index contributed by atoms with van der Waals surface area (Å²) in [5.41, 5.74) is 0.428. The van der Waals surface area contributed by atoms with Crippen LogP contribution in [0.4, 0.5) is 5.13 Å². The molecule has 2 atom stereocenters. The van der Waals surface area contributed by atoms with Crippen LogP contribution in [0.25, 0.3) is 0 Å². The molecule has 0 amide bonds. The fraction of sp³-hybridized carbons (Fsp3) is 0.714. The smallest absolute Gasteiger partial charge is 0.357 e. The van der Waals surface area contributed by atoms with Crippen molar-refractivity contribution in [3.63, 3.8) is 0 Å². The van der Waals surface area contributed by atoms with Crippen LogP contribution < -0.4 is 4.90 Å². The van der Waals surface area contributed by atoms with E-state index in [2.05, 4.69) is 23.9 Å². The van der Waals surface area contributed by atoms with Crippen molar-refractivity contribution in [1.82, 2.24) is 4.98 Å². The molecule has 2 rings (SSSR count). The van der Waals surface area contributed by atoms with Crippen LogP contribution >= 0.6 is 11.3 Å². The predicted molar refractivity (Wildman–Crippen MR) is 77.9 cm³/mol. The summed E-state index contributed by atoms with van der Waals surface area (Å²) in [5, 5.41) is 2.71. The summed E-state index contributed by atoms with van der Waals surface area (Å²) >= 11 is 1.52. The molecule has 0 bridgehead atoms. The molecule has 1 aromatic rings. The fourth-order valence-corrected chi connectivity index (χ4v) is 3.47. The van der Waals surface area contributed by atoms with Gasteiger partial charge in [-0.2, -0.15) is 0 Å². The molecule has 0 aromatic carbocycles. The maximum Gasteiger partial charge on any atom is 0.357 e. The monoisotopic (exact) mass is 282 g/mol. The third-order valence-electron chi connectivity index (χ3n) is 3.73. The van der Waals surface area contributed by atoms with E-state index in [1.807, 2.05) is 0 Å². The molecule has 1 aliphatic carbocycles. The van der Waals surface area contributed by atoms with Crippen molar-refractivity contribution in [2.75, 3.05) is 18.6 Å². The zero-order valence-electron chi connectivity index (χ0n) is 11.9. The van der Waals surface area contributed by atoms with E-state index in [0.717, 1.165) is 11.0 Å². The molecule has 1 aromatic heterocycles. The maximum atomic E-state index is 11.6. The molecule has 0 saturated heterocycles. The summed E-state index contributed by atoms with van der Waals surface area (Å²) in [7, 11) is 2.08. The third kappa shape index (κ3) is 3.47. The Kier molecular flexibility index (Phi) is 4.80. The van der Waals surface area contributed by atoms with E-state index in [0.29, 0.717) is 18.3 Å². The average Bonchev–Trinajstić information content (AvgIpc) is 2.88. The number of carbonyl (C=O) groups is 1. The van der Waals surface area contributed by atoms with Gasteiger partial charge in [0.2, 0.25) is 0 Å². The van der Waals surface area contributed by atoms with Gasteiger partial charge in [-0.1, -0.05) is 19.8 Å². The van der Waals surface area contributed by atoms with Crippen LogP contribution in [0.1, 0.15) is 50.0 Å². The summed E-state index contributed by atoms with van der Waals surface area (Å²) in [6.07, 6.45) is 5.04. The molecule has 0 N–H and O–H groups in total.